The van der Waals surface area contributed by atoms with E-state index in [1.165, 1.54) is 0 Å². The van der Waals surface area contributed by atoms with E-state index in [9.17, 15) is 0 Å². The van der Waals surface area contributed by atoms with E-state index < -0.39 is 0 Å². The van der Waals surface area contributed by atoms with Crippen LogP contribution in [-0.2, 0) is 6.42 Å². The summed E-state index contributed by atoms with van der Waals surface area (Å²) in [6.45, 7) is 2.09. The molecule has 0 atom stereocenters. The lowest BCUT2D eigenvalue weighted by molar-refractivity contribution is 0.836. The van der Waals surface area contributed by atoms with Crippen LogP contribution >= 0.6 is 23.2 Å². The van der Waals surface area contributed by atoms with Crippen molar-refractivity contribution < 1.29 is 0 Å². The van der Waals surface area contributed by atoms with Crippen LogP contribution in [0.4, 0.5) is 0 Å². The summed E-state index contributed by atoms with van der Waals surface area (Å²) in [6, 6.07) is 9.30. The highest BCUT2D eigenvalue weighted by molar-refractivity contribution is 6.30. The van der Waals surface area contributed by atoms with Gasteiger partial charge in [0.05, 0.1) is 5.69 Å². The standard InChI is InChI=1S/C13H12Cl2N2/c1-2-3-13-16-11(8-12(15)17-13)9-4-6-10(14)7-5-9/h4-8H,2-3H2,1H3. The normalized spacial score (nSPS) is 10.5. The highest BCUT2D eigenvalue weighted by Gasteiger charge is 2.05. The first-order valence-corrected chi connectivity index (χ1v) is 6.24. The first kappa shape index (κ1) is 12.3. The van der Waals surface area contributed by atoms with Crippen LogP contribution in [0.3, 0.4) is 0 Å². The van der Waals surface area contributed by atoms with Gasteiger partial charge in [0.2, 0.25) is 0 Å². The zero-order chi connectivity index (χ0) is 12.3. The third-order valence-electron chi connectivity index (χ3n) is 2.35. The summed E-state index contributed by atoms with van der Waals surface area (Å²) in [6.07, 6.45) is 1.83. The molecule has 88 valence electrons. The van der Waals surface area contributed by atoms with Crippen molar-refractivity contribution in [3.05, 3.63) is 46.3 Å². The molecule has 2 rings (SSSR count). The molecule has 2 aromatic rings. The highest BCUT2D eigenvalue weighted by atomic mass is 35.5. The van der Waals surface area contributed by atoms with Gasteiger partial charge in [0, 0.05) is 23.1 Å². The Balaban J connectivity index is 2.40. The zero-order valence-electron chi connectivity index (χ0n) is 9.45. The van der Waals surface area contributed by atoms with Crippen LogP contribution in [0.1, 0.15) is 19.2 Å². The minimum atomic E-state index is 0.480. The minimum absolute atomic E-state index is 0.480. The second kappa shape index (κ2) is 5.48. The average Bonchev–Trinajstić information content (AvgIpc) is 2.29. The van der Waals surface area contributed by atoms with Gasteiger partial charge >= 0.3 is 0 Å². The van der Waals surface area contributed by atoms with Crippen LogP contribution in [0.2, 0.25) is 10.2 Å². The number of hydrogen-bond donors (Lipinski definition) is 0. The quantitative estimate of drug-likeness (QED) is 0.770. The van der Waals surface area contributed by atoms with Gasteiger partial charge in [-0.1, -0.05) is 42.3 Å². The number of nitrogens with zero attached hydrogens (tertiary/aromatic N) is 2. The van der Waals surface area contributed by atoms with Gasteiger partial charge < -0.3 is 0 Å². The summed E-state index contributed by atoms with van der Waals surface area (Å²) in [5.74, 6) is 0.782. The molecule has 0 saturated heterocycles. The Bertz CT molecular complexity index is 509. The number of aromatic nitrogens is 2. The molecule has 0 amide bonds. The Labute approximate surface area is 111 Å². The maximum atomic E-state index is 5.99. The summed E-state index contributed by atoms with van der Waals surface area (Å²) in [5, 5.41) is 1.19. The number of aryl methyl sites for hydroxylation is 1. The number of rotatable bonds is 3. The second-order valence-corrected chi connectivity index (χ2v) is 4.57. The monoisotopic (exact) mass is 266 g/mol. The molecule has 0 bridgehead atoms. The van der Waals surface area contributed by atoms with Gasteiger partial charge in [-0.2, -0.15) is 0 Å². The molecule has 1 heterocycles. The van der Waals surface area contributed by atoms with Crippen LogP contribution in [0, 0.1) is 0 Å². The van der Waals surface area contributed by atoms with Crippen molar-refractivity contribution in [2.75, 3.05) is 0 Å². The van der Waals surface area contributed by atoms with Gasteiger partial charge in [-0.15, -0.1) is 0 Å². The van der Waals surface area contributed by atoms with Gasteiger partial charge in [0.15, 0.2) is 0 Å². The van der Waals surface area contributed by atoms with Crippen molar-refractivity contribution in [2.45, 2.75) is 19.8 Å². The van der Waals surface area contributed by atoms with E-state index >= 15 is 0 Å². The molecule has 0 spiro atoms. The average molecular weight is 267 g/mol. The maximum Gasteiger partial charge on any atom is 0.133 e. The topological polar surface area (TPSA) is 25.8 Å². The van der Waals surface area contributed by atoms with Crippen molar-refractivity contribution in [3.63, 3.8) is 0 Å². The third-order valence-corrected chi connectivity index (χ3v) is 2.80. The fourth-order valence-electron chi connectivity index (χ4n) is 1.57. The number of halogens is 2. The van der Waals surface area contributed by atoms with Crippen molar-refractivity contribution in [3.8, 4) is 11.3 Å². The SMILES string of the molecule is CCCc1nc(Cl)cc(-c2ccc(Cl)cc2)n1. The molecule has 0 N–H and O–H groups in total. The van der Waals surface area contributed by atoms with Gasteiger partial charge in [0.1, 0.15) is 11.0 Å². The summed E-state index contributed by atoms with van der Waals surface area (Å²) in [7, 11) is 0. The molecule has 0 saturated carbocycles. The molecular weight excluding hydrogens is 255 g/mol. The Morgan fingerprint density at radius 2 is 1.76 bits per heavy atom. The van der Waals surface area contributed by atoms with Crippen molar-refractivity contribution in [2.24, 2.45) is 0 Å². The van der Waals surface area contributed by atoms with Gasteiger partial charge in [-0.25, -0.2) is 9.97 Å². The molecule has 2 nitrogen and oxygen atoms in total. The van der Waals surface area contributed by atoms with E-state index in [0.717, 1.165) is 29.9 Å². The van der Waals surface area contributed by atoms with Crippen LogP contribution < -0.4 is 0 Å². The fraction of sp³-hybridized carbons (Fsp3) is 0.231. The van der Waals surface area contributed by atoms with Crippen LogP contribution in [0.25, 0.3) is 11.3 Å². The van der Waals surface area contributed by atoms with Crippen molar-refractivity contribution in [1.82, 2.24) is 9.97 Å². The van der Waals surface area contributed by atoms with Crippen LogP contribution in [0.5, 0.6) is 0 Å². The first-order valence-electron chi connectivity index (χ1n) is 5.48. The van der Waals surface area contributed by atoms with Crippen LogP contribution in [0.15, 0.2) is 30.3 Å². The largest absolute Gasteiger partial charge is 0.233 e. The summed E-state index contributed by atoms with van der Waals surface area (Å²) in [5.41, 5.74) is 1.83. The minimum Gasteiger partial charge on any atom is -0.233 e. The van der Waals surface area contributed by atoms with Crippen molar-refractivity contribution in [1.29, 1.82) is 0 Å². The predicted octanol–water partition coefficient (Wildman–Crippen LogP) is 4.40. The lowest BCUT2D eigenvalue weighted by Gasteiger charge is -2.04. The molecule has 1 aromatic heterocycles. The Morgan fingerprint density at radius 1 is 1.06 bits per heavy atom. The molecule has 0 aliphatic rings. The lowest BCUT2D eigenvalue weighted by Crippen LogP contribution is -1.96. The van der Waals surface area contributed by atoms with E-state index in [-0.39, 0.29) is 0 Å². The van der Waals surface area contributed by atoms with Gasteiger partial charge in [-0.05, 0) is 18.6 Å². The first-order chi connectivity index (χ1) is 8.19. The predicted molar refractivity (Wildman–Crippen MR) is 71.5 cm³/mol. The summed E-state index contributed by atoms with van der Waals surface area (Å²) >= 11 is 11.8. The molecule has 0 radical (unpaired) electrons. The van der Waals surface area contributed by atoms with Gasteiger partial charge in [-0.3, -0.25) is 0 Å². The van der Waals surface area contributed by atoms with Gasteiger partial charge in [0.25, 0.3) is 0 Å². The van der Waals surface area contributed by atoms with E-state index in [1.54, 1.807) is 6.07 Å². The van der Waals surface area contributed by atoms with Crippen molar-refractivity contribution >= 4 is 23.2 Å². The lowest BCUT2D eigenvalue weighted by atomic mass is 10.1. The summed E-state index contributed by atoms with van der Waals surface area (Å²) in [4.78, 5) is 8.68. The Morgan fingerprint density at radius 3 is 2.41 bits per heavy atom. The van der Waals surface area contributed by atoms with E-state index in [4.69, 9.17) is 23.2 Å². The molecule has 0 aliphatic heterocycles. The molecular formula is C13H12Cl2N2. The van der Waals surface area contributed by atoms with E-state index in [2.05, 4.69) is 16.9 Å². The zero-order valence-corrected chi connectivity index (χ0v) is 11.0. The molecule has 0 aliphatic carbocycles. The Kier molecular flexibility index (Phi) is 3.97. The number of hydrogen-bond acceptors (Lipinski definition) is 2. The molecule has 0 fully saturated rings. The maximum absolute atomic E-state index is 5.99. The van der Waals surface area contributed by atoms with E-state index in [0.29, 0.717) is 10.2 Å². The van der Waals surface area contributed by atoms with Crippen LogP contribution in [-0.4, -0.2) is 9.97 Å². The summed E-state index contributed by atoms with van der Waals surface area (Å²) < 4.78 is 0. The number of benzene rings is 1. The molecule has 0 unspecified atom stereocenters. The fourth-order valence-corrected chi connectivity index (χ4v) is 1.90. The second-order valence-electron chi connectivity index (χ2n) is 3.75. The highest BCUT2D eigenvalue weighted by Crippen LogP contribution is 2.22. The smallest absolute Gasteiger partial charge is 0.133 e. The Hall–Kier alpha value is -1.12. The van der Waals surface area contributed by atoms with E-state index in [1.807, 2.05) is 24.3 Å². The third kappa shape index (κ3) is 3.18. The molecule has 4 heteroatoms. The molecule has 17 heavy (non-hydrogen) atoms. The molecule has 1 aromatic carbocycles.